The number of aromatic nitrogens is 2. The van der Waals surface area contributed by atoms with Crippen molar-refractivity contribution in [1.29, 1.82) is 0 Å². The summed E-state index contributed by atoms with van der Waals surface area (Å²) in [5.41, 5.74) is 1.63. The number of aryl methyl sites for hydroxylation is 1. The molecule has 4 aromatic rings. The Morgan fingerprint density at radius 1 is 1.26 bits per heavy atom. The van der Waals surface area contributed by atoms with Crippen molar-refractivity contribution < 1.29 is 9.18 Å². The Balaban J connectivity index is 1.67. The van der Waals surface area contributed by atoms with Gasteiger partial charge in [0.05, 0.1) is 10.7 Å². The monoisotopic (exact) mass is 401 g/mol. The molecule has 2 aromatic carbocycles. The Morgan fingerprint density at radius 2 is 2.07 bits per heavy atom. The number of H-pyrrole nitrogens is 1. The van der Waals surface area contributed by atoms with Crippen molar-refractivity contribution in [2.45, 2.75) is 6.92 Å². The van der Waals surface area contributed by atoms with E-state index in [-0.39, 0.29) is 11.5 Å². The van der Waals surface area contributed by atoms with Crippen molar-refractivity contribution in [2.75, 3.05) is 5.32 Å². The number of nitrogens with zero attached hydrogens (tertiary/aromatic N) is 1. The Morgan fingerprint density at radius 3 is 2.81 bits per heavy atom. The van der Waals surface area contributed by atoms with Crippen LogP contribution in [0.15, 0.2) is 53.5 Å². The standard InChI is InChI=1S/C19H13ClFN3O2S/c1-10-9-22-19(26)24(10)13-4-2-3-12(8-13)23-18(25)17-16(20)14-6-5-11(21)7-15(14)27-17/h2-9H,1H3,(H,22,26)(H,23,25). The first-order valence-corrected chi connectivity index (χ1v) is 9.20. The summed E-state index contributed by atoms with van der Waals surface area (Å²) in [5, 5.41) is 3.71. The molecule has 1 amide bonds. The number of benzene rings is 2. The lowest BCUT2D eigenvalue weighted by atomic mass is 10.2. The third-order valence-electron chi connectivity index (χ3n) is 4.12. The number of hydrogen-bond donors (Lipinski definition) is 2. The molecule has 27 heavy (non-hydrogen) atoms. The van der Waals surface area contributed by atoms with Gasteiger partial charge in [0.1, 0.15) is 10.7 Å². The van der Waals surface area contributed by atoms with E-state index in [0.29, 0.717) is 31.4 Å². The zero-order chi connectivity index (χ0) is 19.1. The van der Waals surface area contributed by atoms with Crippen LogP contribution in [0.2, 0.25) is 5.02 Å². The Hall–Kier alpha value is -2.90. The average molecular weight is 402 g/mol. The number of nitrogens with one attached hydrogen (secondary N) is 2. The number of anilines is 1. The summed E-state index contributed by atoms with van der Waals surface area (Å²) in [5.74, 6) is -0.774. The van der Waals surface area contributed by atoms with Crippen molar-refractivity contribution >= 4 is 44.6 Å². The first-order chi connectivity index (χ1) is 12.9. The number of hydrogen-bond acceptors (Lipinski definition) is 3. The first-order valence-electron chi connectivity index (χ1n) is 8.00. The number of carbonyl (C=O) groups excluding carboxylic acids is 1. The van der Waals surface area contributed by atoms with Crippen LogP contribution < -0.4 is 11.0 Å². The molecule has 136 valence electrons. The zero-order valence-corrected chi connectivity index (χ0v) is 15.6. The van der Waals surface area contributed by atoms with E-state index in [1.165, 1.54) is 16.7 Å². The number of fused-ring (bicyclic) bond motifs is 1. The van der Waals surface area contributed by atoms with E-state index >= 15 is 0 Å². The van der Waals surface area contributed by atoms with Crippen LogP contribution in [0, 0.1) is 12.7 Å². The van der Waals surface area contributed by atoms with Gasteiger partial charge in [0.15, 0.2) is 0 Å². The second kappa shape index (κ2) is 6.68. The molecule has 5 nitrogen and oxygen atoms in total. The van der Waals surface area contributed by atoms with E-state index < -0.39 is 5.91 Å². The molecule has 0 spiro atoms. The molecule has 0 unspecified atom stereocenters. The normalized spacial score (nSPS) is 11.1. The second-order valence-corrected chi connectivity index (χ2v) is 7.39. The quantitative estimate of drug-likeness (QED) is 0.521. The Kier molecular flexibility index (Phi) is 4.33. The van der Waals surface area contributed by atoms with Gasteiger partial charge >= 0.3 is 5.69 Å². The lowest BCUT2D eigenvalue weighted by molar-refractivity contribution is 0.103. The summed E-state index contributed by atoms with van der Waals surface area (Å²) in [7, 11) is 0. The van der Waals surface area contributed by atoms with Gasteiger partial charge in [-0.3, -0.25) is 9.36 Å². The number of thiophene rings is 1. The maximum absolute atomic E-state index is 13.4. The number of imidazole rings is 1. The fourth-order valence-corrected chi connectivity index (χ4v) is 4.31. The lowest BCUT2D eigenvalue weighted by Crippen LogP contribution is -2.16. The molecule has 0 saturated carbocycles. The van der Waals surface area contributed by atoms with Crippen LogP contribution in [0.25, 0.3) is 15.8 Å². The lowest BCUT2D eigenvalue weighted by Gasteiger charge is -2.08. The molecule has 0 saturated heterocycles. The number of aromatic amines is 1. The fraction of sp³-hybridized carbons (Fsp3) is 0.0526. The minimum atomic E-state index is -0.392. The molecule has 2 N–H and O–H groups in total. The fourth-order valence-electron chi connectivity index (χ4n) is 2.87. The highest BCUT2D eigenvalue weighted by atomic mass is 35.5. The summed E-state index contributed by atoms with van der Waals surface area (Å²) in [4.78, 5) is 27.5. The Bertz CT molecular complexity index is 1240. The highest BCUT2D eigenvalue weighted by molar-refractivity contribution is 7.21. The van der Waals surface area contributed by atoms with E-state index in [4.69, 9.17) is 11.6 Å². The van der Waals surface area contributed by atoms with Gasteiger partial charge in [-0.25, -0.2) is 9.18 Å². The van der Waals surface area contributed by atoms with Crippen LogP contribution in [0.1, 0.15) is 15.4 Å². The van der Waals surface area contributed by atoms with E-state index in [0.717, 1.165) is 17.0 Å². The van der Waals surface area contributed by atoms with Crippen LogP contribution in [-0.4, -0.2) is 15.5 Å². The number of halogens is 2. The first kappa shape index (κ1) is 17.5. The Labute approximate surface area is 162 Å². The van der Waals surface area contributed by atoms with Crippen molar-refractivity contribution in [3.05, 3.63) is 80.6 Å². The molecule has 0 atom stereocenters. The molecule has 0 fully saturated rings. The molecule has 0 aliphatic carbocycles. The summed E-state index contributed by atoms with van der Waals surface area (Å²) in [6.07, 6.45) is 1.61. The molecule has 0 aliphatic heterocycles. The highest BCUT2D eigenvalue weighted by Gasteiger charge is 2.18. The minimum absolute atomic E-state index is 0.259. The van der Waals surface area contributed by atoms with Gasteiger partial charge in [-0.1, -0.05) is 17.7 Å². The van der Waals surface area contributed by atoms with Gasteiger partial charge in [0, 0.05) is 27.7 Å². The summed E-state index contributed by atoms with van der Waals surface area (Å²) in [6.45, 7) is 1.80. The summed E-state index contributed by atoms with van der Waals surface area (Å²) in [6, 6.07) is 11.1. The van der Waals surface area contributed by atoms with E-state index in [1.807, 2.05) is 0 Å². The molecule has 8 heteroatoms. The SMILES string of the molecule is Cc1c[nH]c(=O)n1-c1cccc(NC(=O)c2sc3cc(F)ccc3c2Cl)c1. The van der Waals surface area contributed by atoms with Crippen molar-refractivity contribution in [2.24, 2.45) is 0 Å². The number of rotatable bonds is 3. The van der Waals surface area contributed by atoms with Crippen LogP contribution >= 0.6 is 22.9 Å². The third-order valence-corrected chi connectivity index (χ3v) is 5.78. The molecule has 0 radical (unpaired) electrons. The predicted octanol–water partition coefficient (Wildman–Crippen LogP) is 4.73. The molecule has 2 heterocycles. The summed E-state index contributed by atoms with van der Waals surface area (Å²) < 4.78 is 15.5. The van der Waals surface area contributed by atoms with E-state index in [1.54, 1.807) is 43.5 Å². The third kappa shape index (κ3) is 3.15. The van der Waals surface area contributed by atoms with Crippen LogP contribution in [0.3, 0.4) is 0 Å². The maximum Gasteiger partial charge on any atom is 0.330 e. The van der Waals surface area contributed by atoms with Gasteiger partial charge in [-0.15, -0.1) is 11.3 Å². The summed E-state index contributed by atoms with van der Waals surface area (Å²) >= 11 is 7.43. The van der Waals surface area contributed by atoms with Gasteiger partial charge in [-0.05, 0) is 43.3 Å². The zero-order valence-electron chi connectivity index (χ0n) is 14.0. The van der Waals surface area contributed by atoms with Crippen LogP contribution in [0.5, 0.6) is 0 Å². The van der Waals surface area contributed by atoms with Gasteiger partial charge in [0.2, 0.25) is 0 Å². The van der Waals surface area contributed by atoms with E-state index in [2.05, 4.69) is 10.3 Å². The number of carbonyl (C=O) groups is 1. The minimum Gasteiger partial charge on any atom is -0.321 e. The predicted molar refractivity (Wildman–Crippen MR) is 106 cm³/mol. The molecule has 4 rings (SSSR count). The number of amides is 1. The highest BCUT2D eigenvalue weighted by Crippen LogP contribution is 2.36. The van der Waals surface area contributed by atoms with Crippen molar-refractivity contribution in [3.63, 3.8) is 0 Å². The topological polar surface area (TPSA) is 66.9 Å². The largest absolute Gasteiger partial charge is 0.330 e. The molecular formula is C19H13ClFN3O2S. The molecular weight excluding hydrogens is 389 g/mol. The molecule has 0 aliphatic rings. The second-order valence-electron chi connectivity index (χ2n) is 5.96. The average Bonchev–Trinajstić information content (AvgIpc) is 3.14. The maximum atomic E-state index is 13.4. The smallest absolute Gasteiger partial charge is 0.321 e. The van der Waals surface area contributed by atoms with Crippen molar-refractivity contribution in [1.82, 2.24) is 9.55 Å². The van der Waals surface area contributed by atoms with Crippen LogP contribution in [-0.2, 0) is 0 Å². The van der Waals surface area contributed by atoms with Gasteiger partial charge < -0.3 is 10.3 Å². The van der Waals surface area contributed by atoms with Crippen molar-refractivity contribution in [3.8, 4) is 5.69 Å². The van der Waals surface area contributed by atoms with Gasteiger partial charge in [0.25, 0.3) is 5.91 Å². The molecule has 2 aromatic heterocycles. The van der Waals surface area contributed by atoms with Crippen LogP contribution in [0.4, 0.5) is 10.1 Å². The van der Waals surface area contributed by atoms with Gasteiger partial charge in [-0.2, -0.15) is 0 Å². The molecule has 0 bridgehead atoms. The van der Waals surface area contributed by atoms with E-state index in [9.17, 15) is 14.0 Å².